The van der Waals surface area contributed by atoms with Crippen molar-refractivity contribution in [1.82, 2.24) is 0 Å². The van der Waals surface area contributed by atoms with Crippen LogP contribution >= 0.6 is 0 Å². The number of hydrogen-bond acceptors (Lipinski definition) is 1. The fourth-order valence-electron chi connectivity index (χ4n) is 2.16. The Balaban J connectivity index is 0.000000686. The standard InChI is InChI=1S/C14H21N.C2H6/c1-11-8-12(4-2-3-7-15)10-14(9-11)13-5-6-13;1-2/h8-10,13H,2-7,15H2,1H3;1-2H3. The number of aryl methyl sites for hydroxylation is 2. The van der Waals surface area contributed by atoms with Crippen LogP contribution < -0.4 is 5.73 Å². The molecule has 0 radical (unpaired) electrons. The van der Waals surface area contributed by atoms with E-state index in [1.165, 1.54) is 36.8 Å². The summed E-state index contributed by atoms with van der Waals surface area (Å²) in [5.74, 6) is 0.873. The molecule has 2 N–H and O–H groups in total. The first-order valence-electron chi connectivity index (χ1n) is 7.10. The lowest BCUT2D eigenvalue weighted by atomic mass is 10.00. The molecular weight excluding hydrogens is 206 g/mol. The Morgan fingerprint density at radius 3 is 2.41 bits per heavy atom. The Bertz CT molecular complexity index is 326. The van der Waals surface area contributed by atoms with Gasteiger partial charge in [0.05, 0.1) is 0 Å². The van der Waals surface area contributed by atoms with Gasteiger partial charge in [0.1, 0.15) is 0 Å². The van der Waals surface area contributed by atoms with Gasteiger partial charge < -0.3 is 5.73 Å². The highest BCUT2D eigenvalue weighted by molar-refractivity contribution is 5.33. The van der Waals surface area contributed by atoms with E-state index in [4.69, 9.17) is 5.73 Å². The molecule has 2 rings (SSSR count). The molecule has 1 saturated carbocycles. The Morgan fingerprint density at radius 2 is 1.82 bits per heavy atom. The van der Waals surface area contributed by atoms with Crippen LogP contribution in [0.25, 0.3) is 0 Å². The lowest BCUT2D eigenvalue weighted by molar-refractivity contribution is 0.743. The normalized spacial score (nSPS) is 14.1. The summed E-state index contributed by atoms with van der Waals surface area (Å²) in [4.78, 5) is 0. The van der Waals surface area contributed by atoms with Gasteiger partial charge in [-0.3, -0.25) is 0 Å². The molecule has 0 aliphatic heterocycles. The van der Waals surface area contributed by atoms with E-state index in [-0.39, 0.29) is 0 Å². The summed E-state index contributed by atoms with van der Waals surface area (Å²) < 4.78 is 0. The lowest BCUT2D eigenvalue weighted by Gasteiger charge is -2.06. The Kier molecular flexibility index (Phi) is 6.28. The van der Waals surface area contributed by atoms with Crippen molar-refractivity contribution in [3.05, 3.63) is 34.9 Å². The highest BCUT2D eigenvalue weighted by Gasteiger charge is 2.23. The highest BCUT2D eigenvalue weighted by Crippen LogP contribution is 2.40. The molecule has 0 aromatic heterocycles. The van der Waals surface area contributed by atoms with Crippen molar-refractivity contribution in [2.45, 2.75) is 58.8 Å². The quantitative estimate of drug-likeness (QED) is 0.759. The number of benzene rings is 1. The van der Waals surface area contributed by atoms with Crippen molar-refractivity contribution in [3.8, 4) is 0 Å². The van der Waals surface area contributed by atoms with Gasteiger partial charge in [-0.1, -0.05) is 37.6 Å². The molecule has 0 bridgehead atoms. The fourth-order valence-corrected chi connectivity index (χ4v) is 2.16. The van der Waals surface area contributed by atoms with Gasteiger partial charge in [-0.15, -0.1) is 0 Å². The van der Waals surface area contributed by atoms with Crippen LogP contribution in [-0.4, -0.2) is 6.54 Å². The average molecular weight is 233 g/mol. The van der Waals surface area contributed by atoms with E-state index in [1.54, 1.807) is 5.56 Å². The van der Waals surface area contributed by atoms with Gasteiger partial charge in [-0.25, -0.2) is 0 Å². The van der Waals surface area contributed by atoms with E-state index in [2.05, 4.69) is 25.1 Å². The zero-order valence-corrected chi connectivity index (χ0v) is 11.6. The SMILES string of the molecule is CC.Cc1cc(CCCCN)cc(C2CC2)c1. The minimum Gasteiger partial charge on any atom is -0.330 e. The summed E-state index contributed by atoms with van der Waals surface area (Å²) in [5.41, 5.74) is 10.0. The van der Waals surface area contributed by atoms with Crippen molar-refractivity contribution in [3.63, 3.8) is 0 Å². The van der Waals surface area contributed by atoms with Gasteiger partial charge in [0.2, 0.25) is 0 Å². The van der Waals surface area contributed by atoms with Crippen LogP contribution in [0.5, 0.6) is 0 Å². The van der Waals surface area contributed by atoms with Crippen molar-refractivity contribution < 1.29 is 0 Å². The zero-order chi connectivity index (χ0) is 12.7. The van der Waals surface area contributed by atoms with Gasteiger partial charge in [0, 0.05) is 0 Å². The van der Waals surface area contributed by atoms with E-state index in [9.17, 15) is 0 Å². The summed E-state index contributed by atoms with van der Waals surface area (Å²) in [6, 6.07) is 7.08. The van der Waals surface area contributed by atoms with Crippen LogP contribution in [0.4, 0.5) is 0 Å². The summed E-state index contributed by atoms with van der Waals surface area (Å²) in [7, 11) is 0. The molecule has 1 aromatic carbocycles. The summed E-state index contributed by atoms with van der Waals surface area (Å²) in [6.07, 6.45) is 6.35. The molecule has 17 heavy (non-hydrogen) atoms. The summed E-state index contributed by atoms with van der Waals surface area (Å²) in [5, 5.41) is 0. The molecule has 0 amide bonds. The number of nitrogens with two attached hydrogens (primary N) is 1. The minimum atomic E-state index is 0.821. The van der Waals surface area contributed by atoms with Crippen molar-refractivity contribution in [1.29, 1.82) is 0 Å². The van der Waals surface area contributed by atoms with Crippen molar-refractivity contribution in [2.75, 3.05) is 6.54 Å². The molecular formula is C16H27N. The van der Waals surface area contributed by atoms with Crippen LogP contribution in [0.3, 0.4) is 0 Å². The Morgan fingerprint density at radius 1 is 1.12 bits per heavy atom. The first kappa shape index (κ1) is 14.2. The van der Waals surface area contributed by atoms with Gasteiger partial charge in [0.15, 0.2) is 0 Å². The van der Waals surface area contributed by atoms with E-state index in [1.807, 2.05) is 13.8 Å². The van der Waals surface area contributed by atoms with E-state index in [0.29, 0.717) is 0 Å². The third-order valence-electron chi connectivity index (χ3n) is 3.13. The Hall–Kier alpha value is -0.820. The van der Waals surface area contributed by atoms with Crippen molar-refractivity contribution in [2.24, 2.45) is 5.73 Å². The zero-order valence-electron chi connectivity index (χ0n) is 11.6. The average Bonchev–Trinajstić information content (AvgIpc) is 3.15. The fraction of sp³-hybridized carbons (Fsp3) is 0.625. The molecule has 1 nitrogen and oxygen atoms in total. The molecule has 96 valence electrons. The smallest absolute Gasteiger partial charge is 0.00772 e. The second-order valence-corrected chi connectivity index (χ2v) is 4.77. The molecule has 1 heteroatoms. The second-order valence-electron chi connectivity index (χ2n) is 4.77. The first-order valence-corrected chi connectivity index (χ1v) is 7.10. The molecule has 1 aliphatic rings. The molecule has 0 saturated heterocycles. The van der Waals surface area contributed by atoms with Gasteiger partial charge in [-0.05, 0) is 62.6 Å². The third-order valence-corrected chi connectivity index (χ3v) is 3.13. The van der Waals surface area contributed by atoms with E-state index < -0.39 is 0 Å². The van der Waals surface area contributed by atoms with Crippen LogP contribution in [-0.2, 0) is 6.42 Å². The molecule has 1 fully saturated rings. The predicted octanol–water partition coefficient (Wildman–Crippen LogP) is 4.18. The Labute approximate surface area is 106 Å². The molecule has 0 spiro atoms. The summed E-state index contributed by atoms with van der Waals surface area (Å²) in [6.45, 7) is 7.03. The topological polar surface area (TPSA) is 26.0 Å². The predicted molar refractivity (Wildman–Crippen MR) is 76.5 cm³/mol. The van der Waals surface area contributed by atoms with Crippen LogP contribution in [0.15, 0.2) is 18.2 Å². The van der Waals surface area contributed by atoms with Crippen LogP contribution in [0, 0.1) is 6.92 Å². The molecule has 1 aromatic rings. The number of rotatable bonds is 5. The maximum Gasteiger partial charge on any atom is -0.00772 e. The monoisotopic (exact) mass is 233 g/mol. The van der Waals surface area contributed by atoms with E-state index in [0.717, 1.165) is 18.9 Å². The van der Waals surface area contributed by atoms with Crippen molar-refractivity contribution >= 4 is 0 Å². The van der Waals surface area contributed by atoms with Gasteiger partial charge in [0.25, 0.3) is 0 Å². The number of hydrogen-bond donors (Lipinski definition) is 1. The first-order chi connectivity index (χ1) is 8.29. The third kappa shape index (κ3) is 4.91. The van der Waals surface area contributed by atoms with E-state index >= 15 is 0 Å². The molecule has 0 heterocycles. The highest BCUT2D eigenvalue weighted by atomic mass is 14.5. The molecule has 1 aliphatic carbocycles. The van der Waals surface area contributed by atoms with Gasteiger partial charge in [-0.2, -0.15) is 0 Å². The number of unbranched alkanes of at least 4 members (excludes halogenated alkanes) is 1. The maximum absolute atomic E-state index is 5.51. The second kappa shape index (κ2) is 7.50. The summed E-state index contributed by atoms with van der Waals surface area (Å²) >= 11 is 0. The van der Waals surface area contributed by atoms with Gasteiger partial charge >= 0.3 is 0 Å². The minimum absolute atomic E-state index is 0.821. The van der Waals surface area contributed by atoms with Crippen LogP contribution in [0.2, 0.25) is 0 Å². The largest absolute Gasteiger partial charge is 0.330 e. The lowest BCUT2D eigenvalue weighted by Crippen LogP contribution is -1.99. The van der Waals surface area contributed by atoms with Crippen LogP contribution in [0.1, 0.15) is 62.1 Å². The molecule has 0 atom stereocenters. The molecule has 0 unspecified atom stereocenters. The maximum atomic E-state index is 5.51.